The molecule has 0 saturated heterocycles. The lowest BCUT2D eigenvalue weighted by Crippen LogP contribution is -2.42. The first-order valence-electron chi connectivity index (χ1n) is 8.86. The van der Waals surface area contributed by atoms with Crippen LogP contribution in [0.1, 0.15) is 66.2 Å². The fraction of sp³-hybridized carbons (Fsp3) is 1.00. The molecule has 0 aromatic rings. The third kappa shape index (κ3) is 3.22. The summed E-state index contributed by atoms with van der Waals surface area (Å²) < 4.78 is 0. The third-order valence-electron chi connectivity index (χ3n) is 6.72. The van der Waals surface area contributed by atoms with E-state index in [1.165, 1.54) is 38.5 Å². The second kappa shape index (κ2) is 6.36. The molecule has 0 spiro atoms. The molecule has 2 aliphatic rings. The van der Waals surface area contributed by atoms with Crippen LogP contribution in [0.4, 0.5) is 0 Å². The van der Waals surface area contributed by atoms with E-state index in [0.29, 0.717) is 17.4 Å². The van der Waals surface area contributed by atoms with E-state index in [9.17, 15) is 0 Å². The zero-order valence-electron chi connectivity index (χ0n) is 14.1. The van der Waals surface area contributed by atoms with Crippen molar-refractivity contribution in [3.05, 3.63) is 0 Å². The van der Waals surface area contributed by atoms with E-state index in [1.54, 1.807) is 0 Å². The summed E-state index contributed by atoms with van der Waals surface area (Å²) in [4.78, 5) is 0. The maximum atomic E-state index is 6.44. The minimum Gasteiger partial charge on any atom is -0.330 e. The highest BCUT2D eigenvalue weighted by Crippen LogP contribution is 2.51. The number of rotatable bonds is 4. The first-order valence-corrected chi connectivity index (χ1v) is 8.86. The van der Waals surface area contributed by atoms with Crippen LogP contribution in [-0.2, 0) is 0 Å². The molecule has 2 rings (SSSR count). The molecular formula is C18H36N2. The molecule has 0 aromatic carbocycles. The highest BCUT2D eigenvalue weighted by Gasteiger charge is 2.44. The fourth-order valence-corrected chi connectivity index (χ4v) is 5.14. The summed E-state index contributed by atoms with van der Waals surface area (Å²) in [6, 6.07) is 0.390. The van der Waals surface area contributed by atoms with Gasteiger partial charge in [0.2, 0.25) is 0 Å². The lowest BCUT2D eigenvalue weighted by molar-refractivity contribution is 0.0336. The van der Waals surface area contributed by atoms with E-state index in [1.807, 2.05) is 0 Å². The van der Waals surface area contributed by atoms with Crippen LogP contribution in [0.25, 0.3) is 0 Å². The average molecular weight is 280 g/mol. The molecule has 2 nitrogen and oxygen atoms in total. The smallest absolute Gasteiger partial charge is 0.00698 e. The monoisotopic (exact) mass is 280 g/mol. The second-order valence-electron chi connectivity index (χ2n) is 8.32. The minimum absolute atomic E-state index is 0.368. The van der Waals surface area contributed by atoms with Crippen LogP contribution in [0.3, 0.4) is 0 Å². The Kier molecular flexibility index (Phi) is 5.18. The third-order valence-corrected chi connectivity index (χ3v) is 6.72. The van der Waals surface area contributed by atoms with Gasteiger partial charge < -0.3 is 11.5 Å². The van der Waals surface area contributed by atoms with Gasteiger partial charge in [-0.3, -0.25) is 0 Å². The van der Waals surface area contributed by atoms with Crippen LogP contribution in [-0.4, -0.2) is 12.6 Å². The summed E-state index contributed by atoms with van der Waals surface area (Å²) in [5.41, 5.74) is 13.1. The summed E-state index contributed by atoms with van der Waals surface area (Å²) >= 11 is 0. The predicted molar refractivity (Wildman–Crippen MR) is 87.3 cm³/mol. The number of hydrogen-bond acceptors (Lipinski definition) is 2. The molecule has 0 amide bonds. The van der Waals surface area contributed by atoms with Gasteiger partial charge in [0.05, 0.1) is 0 Å². The Bertz CT molecular complexity index is 317. The molecule has 2 fully saturated rings. The van der Waals surface area contributed by atoms with Crippen molar-refractivity contribution < 1.29 is 0 Å². The van der Waals surface area contributed by atoms with Crippen LogP contribution >= 0.6 is 0 Å². The first kappa shape index (κ1) is 16.3. The Morgan fingerprint density at radius 3 is 2.25 bits per heavy atom. The lowest BCUT2D eigenvalue weighted by Gasteiger charge is -2.47. The van der Waals surface area contributed by atoms with E-state index in [2.05, 4.69) is 27.7 Å². The van der Waals surface area contributed by atoms with Gasteiger partial charge in [-0.2, -0.15) is 0 Å². The van der Waals surface area contributed by atoms with E-state index in [4.69, 9.17) is 11.5 Å². The van der Waals surface area contributed by atoms with Gasteiger partial charge in [-0.25, -0.2) is 0 Å². The Morgan fingerprint density at radius 1 is 1.05 bits per heavy atom. The maximum Gasteiger partial charge on any atom is 0.00698 e. The van der Waals surface area contributed by atoms with Crippen LogP contribution in [0.2, 0.25) is 0 Å². The topological polar surface area (TPSA) is 52.0 Å². The SMILES string of the molecule is CCC1CC(CN)(CC2CC(C)C2C)CC(C)CC1N. The van der Waals surface area contributed by atoms with Crippen LogP contribution in [0.5, 0.6) is 0 Å². The van der Waals surface area contributed by atoms with Crippen LogP contribution in [0.15, 0.2) is 0 Å². The van der Waals surface area contributed by atoms with Crippen LogP contribution < -0.4 is 11.5 Å². The molecule has 118 valence electrons. The van der Waals surface area contributed by atoms with Gasteiger partial charge in [0, 0.05) is 6.04 Å². The molecule has 20 heavy (non-hydrogen) atoms. The normalized spacial score (nSPS) is 49.5. The molecule has 0 heterocycles. The average Bonchev–Trinajstić information content (AvgIpc) is 2.54. The Balaban J connectivity index is 2.10. The maximum absolute atomic E-state index is 6.44. The van der Waals surface area contributed by atoms with Crippen molar-refractivity contribution in [1.82, 2.24) is 0 Å². The van der Waals surface area contributed by atoms with Gasteiger partial charge in [0.25, 0.3) is 0 Å². The molecular weight excluding hydrogens is 244 g/mol. The lowest BCUT2D eigenvalue weighted by atomic mass is 9.58. The molecule has 7 atom stereocenters. The van der Waals surface area contributed by atoms with Gasteiger partial charge in [-0.15, -0.1) is 0 Å². The Hall–Kier alpha value is -0.0800. The van der Waals surface area contributed by atoms with Gasteiger partial charge in [0.1, 0.15) is 0 Å². The molecule has 0 aromatic heterocycles. The molecule has 0 bridgehead atoms. The van der Waals surface area contributed by atoms with Gasteiger partial charge in [-0.1, -0.05) is 34.1 Å². The summed E-state index contributed by atoms with van der Waals surface area (Å²) in [5.74, 6) is 4.13. The predicted octanol–water partition coefficient (Wildman–Crippen LogP) is 3.79. The first-order chi connectivity index (χ1) is 9.40. The quantitative estimate of drug-likeness (QED) is 0.770. The van der Waals surface area contributed by atoms with Gasteiger partial charge in [-0.05, 0) is 73.7 Å². The largest absolute Gasteiger partial charge is 0.330 e. The highest BCUT2D eigenvalue weighted by atomic mass is 14.7. The Labute approximate surface area is 126 Å². The molecule has 2 saturated carbocycles. The van der Waals surface area contributed by atoms with E-state index < -0.39 is 0 Å². The standard InChI is InChI=1S/C18H36N2/c1-5-15-9-18(11-19,8-12(2)6-17(15)20)10-16-7-13(3)14(16)4/h12-17H,5-11,19-20H2,1-4H3. The zero-order chi connectivity index (χ0) is 14.9. The zero-order valence-corrected chi connectivity index (χ0v) is 14.1. The van der Waals surface area contributed by atoms with Crippen molar-refractivity contribution in [2.24, 2.45) is 46.5 Å². The summed E-state index contributed by atoms with van der Waals surface area (Å²) in [5, 5.41) is 0. The summed E-state index contributed by atoms with van der Waals surface area (Å²) in [6.45, 7) is 10.4. The van der Waals surface area contributed by atoms with Crippen molar-refractivity contribution in [2.75, 3.05) is 6.54 Å². The van der Waals surface area contributed by atoms with Crippen LogP contribution in [0, 0.1) is 35.0 Å². The molecule has 2 aliphatic carbocycles. The molecule has 7 unspecified atom stereocenters. The second-order valence-corrected chi connectivity index (χ2v) is 8.32. The highest BCUT2D eigenvalue weighted by molar-refractivity contribution is 4.96. The van der Waals surface area contributed by atoms with Crippen molar-refractivity contribution in [2.45, 2.75) is 72.3 Å². The van der Waals surface area contributed by atoms with E-state index >= 15 is 0 Å². The van der Waals surface area contributed by atoms with Crippen molar-refractivity contribution in [3.63, 3.8) is 0 Å². The molecule has 0 aliphatic heterocycles. The van der Waals surface area contributed by atoms with Gasteiger partial charge >= 0.3 is 0 Å². The fourth-order valence-electron chi connectivity index (χ4n) is 5.14. The minimum atomic E-state index is 0.368. The van der Waals surface area contributed by atoms with Crippen molar-refractivity contribution >= 4 is 0 Å². The number of hydrogen-bond donors (Lipinski definition) is 2. The Morgan fingerprint density at radius 2 is 1.75 bits per heavy atom. The molecule has 2 heteroatoms. The molecule has 0 radical (unpaired) electrons. The van der Waals surface area contributed by atoms with Crippen molar-refractivity contribution in [1.29, 1.82) is 0 Å². The summed E-state index contributed by atoms with van der Waals surface area (Å²) in [7, 11) is 0. The van der Waals surface area contributed by atoms with Crippen molar-refractivity contribution in [3.8, 4) is 0 Å². The molecule has 4 N–H and O–H groups in total. The van der Waals surface area contributed by atoms with E-state index in [-0.39, 0.29) is 0 Å². The summed E-state index contributed by atoms with van der Waals surface area (Å²) in [6.07, 6.45) is 7.74. The van der Waals surface area contributed by atoms with Gasteiger partial charge in [0.15, 0.2) is 0 Å². The van der Waals surface area contributed by atoms with E-state index in [0.717, 1.165) is 30.2 Å². The number of nitrogens with two attached hydrogens (primary N) is 2.